The molecule has 10 N–H and O–H groups in total. The van der Waals surface area contributed by atoms with Gasteiger partial charge in [0.15, 0.2) is 0 Å². The maximum absolute atomic E-state index is 12.2. The van der Waals surface area contributed by atoms with Gasteiger partial charge in [0.05, 0.1) is 19.6 Å². The van der Waals surface area contributed by atoms with Gasteiger partial charge < -0.3 is 42.7 Å². The van der Waals surface area contributed by atoms with E-state index in [-0.39, 0.29) is 0 Å². The summed E-state index contributed by atoms with van der Waals surface area (Å²) in [6.45, 7) is -1.30. The minimum Gasteiger partial charge on any atom is -0.481 e. The number of carboxylic acid groups (broad SMARTS) is 2. The lowest BCUT2D eigenvalue weighted by Crippen LogP contribution is -2.54. The largest absolute Gasteiger partial charge is 0.481 e. The number of rotatable bonds is 13. The molecule has 0 aliphatic rings. The lowest BCUT2D eigenvalue weighted by Gasteiger charge is -2.20. The second-order valence-electron chi connectivity index (χ2n) is 5.63. The summed E-state index contributed by atoms with van der Waals surface area (Å²) in [6.07, 6.45) is -1.64. The van der Waals surface area contributed by atoms with Crippen molar-refractivity contribution in [1.82, 2.24) is 16.0 Å². The number of nitrogens with one attached hydrogen (secondary N) is 3. The van der Waals surface area contributed by atoms with Gasteiger partial charge in [-0.15, -0.1) is 0 Å². The monoisotopic (exact) mass is 405 g/mol. The quantitative estimate of drug-likeness (QED) is 0.145. The van der Waals surface area contributed by atoms with Crippen molar-refractivity contribution < 1.29 is 44.1 Å². The van der Waals surface area contributed by atoms with Crippen LogP contribution in [0.3, 0.4) is 0 Å². The zero-order valence-corrected chi connectivity index (χ0v) is 14.7. The number of aliphatic hydroxyl groups is 1. The van der Waals surface area contributed by atoms with Gasteiger partial charge in [-0.3, -0.25) is 24.0 Å². The van der Waals surface area contributed by atoms with Crippen LogP contribution in [-0.4, -0.2) is 82.2 Å². The van der Waals surface area contributed by atoms with Crippen molar-refractivity contribution >= 4 is 35.6 Å². The fourth-order valence-corrected chi connectivity index (χ4v) is 1.83. The first-order chi connectivity index (χ1) is 13.0. The molecule has 0 saturated carbocycles. The van der Waals surface area contributed by atoms with E-state index < -0.39 is 86.1 Å². The van der Waals surface area contributed by atoms with Crippen molar-refractivity contribution in [3.63, 3.8) is 0 Å². The smallest absolute Gasteiger partial charge is 0.326 e. The Labute approximate surface area is 158 Å². The van der Waals surface area contributed by atoms with Crippen LogP contribution < -0.4 is 27.4 Å². The number of hydrogen-bond acceptors (Lipinski definition) is 8. The number of hydrogen-bond donors (Lipinski definition) is 8. The Kier molecular flexibility index (Phi) is 10.8. The van der Waals surface area contributed by atoms with E-state index in [1.807, 2.05) is 5.32 Å². The molecule has 3 unspecified atom stereocenters. The highest BCUT2D eigenvalue weighted by Gasteiger charge is 2.28. The molecule has 0 bridgehead atoms. The van der Waals surface area contributed by atoms with Crippen LogP contribution in [0.15, 0.2) is 0 Å². The zero-order chi connectivity index (χ0) is 21.9. The van der Waals surface area contributed by atoms with E-state index in [1.165, 1.54) is 0 Å². The third kappa shape index (κ3) is 10.0. The van der Waals surface area contributed by atoms with E-state index in [9.17, 15) is 28.8 Å². The maximum atomic E-state index is 12.2. The van der Waals surface area contributed by atoms with Gasteiger partial charge in [-0.25, -0.2) is 4.79 Å². The van der Waals surface area contributed by atoms with Gasteiger partial charge >= 0.3 is 11.9 Å². The van der Waals surface area contributed by atoms with Crippen LogP contribution >= 0.6 is 0 Å². The van der Waals surface area contributed by atoms with Crippen molar-refractivity contribution in [3.05, 3.63) is 0 Å². The van der Waals surface area contributed by atoms with Crippen molar-refractivity contribution in [1.29, 1.82) is 0 Å². The van der Waals surface area contributed by atoms with Gasteiger partial charge in [0.2, 0.25) is 23.6 Å². The highest BCUT2D eigenvalue weighted by atomic mass is 16.4. The average Bonchev–Trinajstić information content (AvgIpc) is 2.60. The summed E-state index contributed by atoms with van der Waals surface area (Å²) >= 11 is 0. The summed E-state index contributed by atoms with van der Waals surface area (Å²) < 4.78 is 0. The Morgan fingerprint density at radius 1 is 0.929 bits per heavy atom. The van der Waals surface area contributed by atoms with Crippen LogP contribution in [0.25, 0.3) is 0 Å². The van der Waals surface area contributed by atoms with Gasteiger partial charge in [0.1, 0.15) is 18.1 Å². The molecule has 0 aliphatic carbocycles. The van der Waals surface area contributed by atoms with Gasteiger partial charge in [-0.2, -0.15) is 0 Å². The molecule has 0 aromatic carbocycles. The lowest BCUT2D eigenvalue weighted by molar-refractivity contribution is -0.143. The Hall–Kier alpha value is -3.26. The highest BCUT2D eigenvalue weighted by molar-refractivity contribution is 5.95. The molecular formula is C14H23N5O9. The zero-order valence-electron chi connectivity index (χ0n) is 14.7. The Morgan fingerprint density at radius 3 is 2.00 bits per heavy atom. The maximum Gasteiger partial charge on any atom is 0.326 e. The molecule has 0 aromatic heterocycles. The molecule has 0 spiro atoms. The number of amides is 4. The lowest BCUT2D eigenvalue weighted by atomic mass is 10.1. The molecule has 158 valence electrons. The first kappa shape index (κ1) is 24.7. The third-order valence-electron chi connectivity index (χ3n) is 3.28. The molecule has 0 rings (SSSR count). The number of carbonyl (C=O) groups excluding carboxylic acids is 4. The topological polar surface area (TPSA) is 251 Å². The average molecular weight is 405 g/mol. The first-order valence-corrected chi connectivity index (χ1v) is 7.94. The van der Waals surface area contributed by atoms with Crippen LogP contribution in [0.5, 0.6) is 0 Å². The summed E-state index contributed by atoms with van der Waals surface area (Å²) in [5, 5.41) is 32.5. The minimum absolute atomic E-state index is 0.428. The molecule has 3 atom stereocenters. The number of aliphatic hydroxyl groups excluding tert-OH is 1. The Balaban J connectivity index is 4.94. The van der Waals surface area contributed by atoms with Crippen molar-refractivity contribution in [2.24, 2.45) is 11.5 Å². The minimum atomic E-state index is -1.57. The molecule has 0 radical (unpaired) electrons. The van der Waals surface area contributed by atoms with Crippen LogP contribution in [-0.2, 0) is 28.8 Å². The number of aliphatic carboxylic acids is 2. The molecule has 0 heterocycles. The summed E-state index contributed by atoms with van der Waals surface area (Å²) in [4.78, 5) is 68.2. The molecule has 28 heavy (non-hydrogen) atoms. The summed E-state index contributed by atoms with van der Waals surface area (Å²) in [7, 11) is 0. The van der Waals surface area contributed by atoms with Crippen molar-refractivity contribution in [3.8, 4) is 0 Å². The van der Waals surface area contributed by atoms with Gasteiger partial charge in [0.25, 0.3) is 0 Å². The number of nitrogens with two attached hydrogens (primary N) is 2. The van der Waals surface area contributed by atoms with Crippen molar-refractivity contribution in [2.75, 3.05) is 13.2 Å². The van der Waals surface area contributed by atoms with E-state index in [0.717, 1.165) is 0 Å². The number of primary amides is 1. The Morgan fingerprint density at radius 2 is 1.54 bits per heavy atom. The second kappa shape index (κ2) is 12.2. The Bertz CT molecular complexity index is 624. The predicted octanol–water partition coefficient (Wildman–Crippen LogP) is -4.78. The van der Waals surface area contributed by atoms with E-state index in [4.69, 9.17) is 26.8 Å². The van der Waals surface area contributed by atoms with Crippen LogP contribution in [0, 0.1) is 0 Å². The molecule has 14 nitrogen and oxygen atoms in total. The predicted molar refractivity (Wildman–Crippen MR) is 90.2 cm³/mol. The fraction of sp³-hybridized carbons (Fsp3) is 0.571. The third-order valence-corrected chi connectivity index (χ3v) is 3.28. The van der Waals surface area contributed by atoms with E-state index in [1.54, 1.807) is 0 Å². The number of carboxylic acids is 2. The molecule has 14 heteroatoms. The molecule has 0 aliphatic heterocycles. The number of carbonyl (C=O) groups is 6. The highest BCUT2D eigenvalue weighted by Crippen LogP contribution is 2.01. The van der Waals surface area contributed by atoms with Crippen LogP contribution in [0.2, 0.25) is 0 Å². The second-order valence-corrected chi connectivity index (χ2v) is 5.63. The fourth-order valence-electron chi connectivity index (χ4n) is 1.83. The SMILES string of the molecule is NC(=O)CC(NC(=O)CNC(=O)C(N)CO)C(=O)NC(CCC(=O)O)C(=O)O. The van der Waals surface area contributed by atoms with E-state index >= 15 is 0 Å². The summed E-state index contributed by atoms with van der Waals surface area (Å²) in [5.41, 5.74) is 10.2. The van der Waals surface area contributed by atoms with Crippen molar-refractivity contribution in [2.45, 2.75) is 37.4 Å². The standard InChI is InChI=1S/C14H23N5O9/c15-6(5-20)12(25)17-4-10(22)18-8(3-9(16)21)13(26)19-7(14(27)28)1-2-11(23)24/h6-8,20H,1-5,15H2,(H2,16,21)(H,17,25)(H,18,22)(H,19,26)(H,23,24)(H,27,28). The first-order valence-electron chi connectivity index (χ1n) is 7.94. The van der Waals surface area contributed by atoms with Crippen LogP contribution in [0.1, 0.15) is 19.3 Å². The molecule has 4 amide bonds. The molecular weight excluding hydrogens is 382 g/mol. The molecule has 0 fully saturated rings. The van der Waals surface area contributed by atoms with E-state index in [0.29, 0.717) is 0 Å². The summed E-state index contributed by atoms with van der Waals surface area (Å²) in [6, 6.07) is -4.39. The molecule has 0 aromatic rings. The summed E-state index contributed by atoms with van der Waals surface area (Å²) in [5.74, 6) is -6.61. The van der Waals surface area contributed by atoms with Gasteiger partial charge in [-0.05, 0) is 6.42 Å². The normalized spacial score (nSPS) is 13.5. The van der Waals surface area contributed by atoms with Gasteiger partial charge in [0, 0.05) is 6.42 Å². The van der Waals surface area contributed by atoms with Crippen LogP contribution in [0.4, 0.5) is 0 Å². The van der Waals surface area contributed by atoms with Gasteiger partial charge in [-0.1, -0.05) is 0 Å². The van der Waals surface area contributed by atoms with E-state index in [2.05, 4.69) is 10.6 Å². The molecule has 0 saturated heterocycles.